The molecule has 1 heterocycles. The zero-order chi connectivity index (χ0) is 10.8. The third kappa shape index (κ3) is 1.67. The summed E-state index contributed by atoms with van der Waals surface area (Å²) in [5.41, 5.74) is 2.14. The summed E-state index contributed by atoms with van der Waals surface area (Å²) in [5.74, 6) is 0.0969. The maximum atomic E-state index is 11.6. The van der Waals surface area contributed by atoms with Gasteiger partial charge in [-0.3, -0.25) is 9.36 Å². The molecule has 2 rings (SSSR count). The fourth-order valence-electron chi connectivity index (χ4n) is 2.02. The summed E-state index contributed by atoms with van der Waals surface area (Å²) < 4.78 is 1.82. The molecule has 15 heavy (non-hydrogen) atoms. The van der Waals surface area contributed by atoms with Crippen LogP contribution in [-0.4, -0.2) is 10.5 Å². The Morgan fingerprint density at radius 2 is 2.07 bits per heavy atom. The van der Waals surface area contributed by atoms with Gasteiger partial charge in [0.15, 0.2) is 0 Å². The number of fused-ring (bicyclic) bond motifs is 1. The summed E-state index contributed by atoms with van der Waals surface area (Å²) in [6.45, 7) is 3.74. The van der Waals surface area contributed by atoms with Crippen LogP contribution in [0.1, 0.15) is 30.8 Å². The van der Waals surface area contributed by atoms with Crippen molar-refractivity contribution >= 4 is 16.8 Å². The first-order chi connectivity index (χ1) is 7.24. The second kappa shape index (κ2) is 3.89. The Labute approximate surface area is 89.5 Å². The molecule has 0 unspecified atom stereocenters. The van der Waals surface area contributed by atoms with E-state index in [-0.39, 0.29) is 5.91 Å². The van der Waals surface area contributed by atoms with Crippen LogP contribution in [0.3, 0.4) is 0 Å². The standard InChI is InChI=1S/C13H15NO/c1-3-6-12-9-11-7-4-5-8-13(11)14(12)10(2)15/h4-5,7-9H,3,6H2,1-2H3. The third-order valence-electron chi connectivity index (χ3n) is 2.61. The van der Waals surface area contributed by atoms with Crippen molar-refractivity contribution in [2.24, 2.45) is 0 Å². The zero-order valence-corrected chi connectivity index (χ0v) is 9.16. The molecule has 0 bridgehead atoms. The summed E-state index contributed by atoms with van der Waals surface area (Å²) in [6, 6.07) is 10.1. The number of nitrogens with zero attached hydrogens (tertiary/aromatic N) is 1. The predicted molar refractivity (Wildman–Crippen MR) is 62.2 cm³/mol. The molecule has 0 saturated carbocycles. The van der Waals surface area contributed by atoms with E-state index in [2.05, 4.69) is 13.0 Å². The Hall–Kier alpha value is -1.57. The minimum Gasteiger partial charge on any atom is -0.284 e. The number of hydrogen-bond donors (Lipinski definition) is 0. The molecule has 0 aliphatic heterocycles. The van der Waals surface area contributed by atoms with Gasteiger partial charge in [0.25, 0.3) is 0 Å². The first-order valence-corrected chi connectivity index (χ1v) is 5.34. The Morgan fingerprint density at radius 3 is 2.73 bits per heavy atom. The van der Waals surface area contributed by atoms with Gasteiger partial charge in [0.05, 0.1) is 5.52 Å². The lowest BCUT2D eigenvalue weighted by atomic mass is 10.2. The molecule has 2 aromatic rings. The first kappa shape index (κ1) is 9.97. The van der Waals surface area contributed by atoms with E-state index >= 15 is 0 Å². The van der Waals surface area contributed by atoms with Gasteiger partial charge in [-0.2, -0.15) is 0 Å². The molecule has 0 amide bonds. The van der Waals surface area contributed by atoms with E-state index in [0.717, 1.165) is 29.4 Å². The largest absolute Gasteiger partial charge is 0.284 e. The summed E-state index contributed by atoms with van der Waals surface area (Å²) >= 11 is 0. The zero-order valence-electron chi connectivity index (χ0n) is 9.16. The molecule has 0 spiro atoms. The van der Waals surface area contributed by atoms with Gasteiger partial charge in [-0.25, -0.2) is 0 Å². The molecule has 2 nitrogen and oxygen atoms in total. The molecular weight excluding hydrogens is 186 g/mol. The van der Waals surface area contributed by atoms with E-state index in [1.807, 2.05) is 28.8 Å². The molecule has 0 fully saturated rings. The van der Waals surface area contributed by atoms with Gasteiger partial charge in [0.1, 0.15) is 0 Å². The molecule has 1 aromatic heterocycles. The number of carbonyl (C=O) groups excluding carboxylic acids is 1. The van der Waals surface area contributed by atoms with Crippen LogP contribution in [0.25, 0.3) is 10.9 Å². The fraction of sp³-hybridized carbons (Fsp3) is 0.308. The molecule has 0 radical (unpaired) electrons. The third-order valence-corrected chi connectivity index (χ3v) is 2.61. The summed E-state index contributed by atoms with van der Waals surface area (Å²) in [6.07, 6.45) is 2.01. The smallest absolute Gasteiger partial charge is 0.228 e. The number of hydrogen-bond acceptors (Lipinski definition) is 1. The van der Waals surface area contributed by atoms with Crippen molar-refractivity contribution in [3.63, 3.8) is 0 Å². The van der Waals surface area contributed by atoms with Crippen LogP contribution in [0.2, 0.25) is 0 Å². The normalized spacial score (nSPS) is 10.8. The molecule has 2 heteroatoms. The van der Waals surface area contributed by atoms with Gasteiger partial charge in [0.2, 0.25) is 5.91 Å². The lowest BCUT2D eigenvalue weighted by Gasteiger charge is -2.04. The molecular formula is C13H15NO. The highest BCUT2D eigenvalue weighted by Gasteiger charge is 2.10. The maximum absolute atomic E-state index is 11.6. The first-order valence-electron chi connectivity index (χ1n) is 5.34. The summed E-state index contributed by atoms with van der Waals surface area (Å²) in [7, 11) is 0. The molecule has 0 aliphatic rings. The minimum atomic E-state index is 0.0969. The van der Waals surface area contributed by atoms with Gasteiger partial charge in [-0.15, -0.1) is 0 Å². The van der Waals surface area contributed by atoms with Gasteiger partial charge < -0.3 is 0 Å². The van der Waals surface area contributed by atoms with Crippen molar-refractivity contribution in [3.8, 4) is 0 Å². The van der Waals surface area contributed by atoms with Crippen molar-refractivity contribution in [2.75, 3.05) is 0 Å². The van der Waals surface area contributed by atoms with Crippen molar-refractivity contribution in [3.05, 3.63) is 36.0 Å². The molecule has 0 atom stereocenters. The van der Waals surface area contributed by atoms with Gasteiger partial charge in [-0.05, 0) is 18.6 Å². The molecule has 0 saturated heterocycles. The van der Waals surface area contributed by atoms with E-state index < -0.39 is 0 Å². The SMILES string of the molecule is CCCc1cc2ccccc2n1C(C)=O. The predicted octanol–water partition coefficient (Wildman–Crippen LogP) is 3.25. The number of para-hydroxylation sites is 1. The Kier molecular flexibility index (Phi) is 2.58. The quantitative estimate of drug-likeness (QED) is 0.731. The minimum absolute atomic E-state index is 0.0969. The van der Waals surface area contributed by atoms with E-state index in [9.17, 15) is 4.79 Å². The number of carbonyl (C=O) groups is 1. The maximum Gasteiger partial charge on any atom is 0.228 e. The van der Waals surface area contributed by atoms with Crippen LogP contribution in [0.15, 0.2) is 30.3 Å². The number of aryl methyl sites for hydroxylation is 1. The topological polar surface area (TPSA) is 22.0 Å². The Bertz CT molecular complexity index is 496. The Morgan fingerprint density at radius 1 is 1.33 bits per heavy atom. The van der Waals surface area contributed by atoms with E-state index in [1.54, 1.807) is 6.92 Å². The molecule has 1 aromatic carbocycles. The molecule has 0 aliphatic carbocycles. The van der Waals surface area contributed by atoms with Crippen LogP contribution in [0, 0.1) is 0 Å². The van der Waals surface area contributed by atoms with Crippen molar-refractivity contribution in [1.29, 1.82) is 0 Å². The number of benzene rings is 1. The Balaban J connectivity index is 2.69. The average molecular weight is 201 g/mol. The van der Waals surface area contributed by atoms with Crippen LogP contribution >= 0.6 is 0 Å². The van der Waals surface area contributed by atoms with Gasteiger partial charge in [-0.1, -0.05) is 31.5 Å². The molecule has 0 N–H and O–H groups in total. The van der Waals surface area contributed by atoms with Crippen LogP contribution in [0.5, 0.6) is 0 Å². The fourth-order valence-corrected chi connectivity index (χ4v) is 2.02. The van der Waals surface area contributed by atoms with Crippen LogP contribution < -0.4 is 0 Å². The van der Waals surface area contributed by atoms with Crippen molar-refractivity contribution in [1.82, 2.24) is 4.57 Å². The van der Waals surface area contributed by atoms with Crippen LogP contribution in [-0.2, 0) is 6.42 Å². The van der Waals surface area contributed by atoms with Crippen molar-refractivity contribution < 1.29 is 4.79 Å². The lowest BCUT2D eigenvalue weighted by Crippen LogP contribution is -2.08. The number of aromatic nitrogens is 1. The average Bonchev–Trinajstić information content (AvgIpc) is 2.56. The highest BCUT2D eigenvalue weighted by Crippen LogP contribution is 2.20. The van der Waals surface area contributed by atoms with Crippen LogP contribution in [0.4, 0.5) is 0 Å². The van der Waals surface area contributed by atoms with E-state index in [1.165, 1.54) is 0 Å². The van der Waals surface area contributed by atoms with E-state index in [4.69, 9.17) is 0 Å². The number of rotatable bonds is 2. The second-order valence-electron chi connectivity index (χ2n) is 3.80. The lowest BCUT2D eigenvalue weighted by molar-refractivity contribution is 0.0939. The van der Waals surface area contributed by atoms with Gasteiger partial charge >= 0.3 is 0 Å². The molecule has 78 valence electrons. The monoisotopic (exact) mass is 201 g/mol. The summed E-state index contributed by atoms with van der Waals surface area (Å²) in [5, 5.41) is 1.15. The van der Waals surface area contributed by atoms with Gasteiger partial charge in [0, 0.05) is 18.0 Å². The highest BCUT2D eigenvalue weighted by molar-refractivity contribution is 5.92. The summed E-state index contributed by atoms with van der Waals surface area (Å²) in [4.78, 5) is 11.6. The van der Waals surface area contributed by atoms with Crippen molar-refractivity contribution in [2.45, 2.75) is 26.7 Å². The second-order valence-corrected chi connectivity index (χ2v) is 3.80. The van der Waals surface area contributed by atoms with E-state index in [0.29, 0.717) is 0 Å². The highest BCUT2D eigenvalue weighted by atomic mass is 16.1.